The number of aromatic nitrogens is 5. The summed E-state index contributed by atoms with van der Waals surface area (Å²) in [5.41, 5.74) is 3.87. The number of H-pyrrole nitrogens is 1. The van der Waals surface area contributed by atoms with Crippen LogP contribution in [0.3, 0.4) is 0 Å². The molecular formula is C18H22N6O. The Morgan fingerprint density at radius 2 is 2.20 bits per heavy atom. The van der Waals surface area contributed by atoms with E-state index < -0.39 is 0 Å². The van der Waals surface area contributed by atoms with Crippen molar-refractivity contribution in [3.8, 4) is 0 Å². The van der Waals surface area contributed by atoms with Crippen molar-refractivity contribution >= 4 is 5.78 Å². The summed E-state index contributed by atoms with van der Waals surface area (Å²) in [6, 6.07) is 1.91. The number of hydrogen-bond acceptors (Lipinski definition) is 5. The quantitative estimate of drug-likeness (QED) is 0.782. The lowest BCUT2D eigenvalue weighted by Gasteiger charge is -2.27. The van der Waals surface area contributed by atoms with E-state index in [4.69, 9.17) is 0 Å². The van der Waals surface area contributed by atoms with E-state index >= 15 is 0 Å². The first-order valence-electron chi connectivity index (χ1n) is 8.77. The van der Waals surface area contributed by atoms with Crippen molar-refractivity contribution in [2.24, 2.45) is 0 Å². The summed E-state index contributed by atoms with van der Waals surface area (Å²) in [5, 5.41) is 0. The lowest BCUT2D eigenvalue weighted by atomic mass is 10.1. The van der Waals surface area contributed by atoms with Crippen LogP contribution in [0.2, 0.25) is 0 Å². The van der Waals surface area contributed by atoms with Crippen molar-refractivity contribution in [2.75, 3.05) is 6.54 Å². The Morgan fingerprint density at radius 1 is 1.32 bits per heavy atom. The molecular weight excluding hydrogens is 316 g/mol. The number of rotatable bonds is 4. The molecule has 3 aromatic heterocycles. The van der Waals surface area contributed by atoms with E-state index in [2.05, 4.69) is 31.8 Å². The average molecular weight is 338 g/mol. The van der Waals surface area contributed by atoms with Gasteiger partial charge in [-0.1, -0.05) is 6.92 Å². The Labute approximate surface area is 145 Å². The van der Waals surface area contributed by atoms with E-state index in [-0.39, 0.29) is 5.56 Å². The predicted molar refractivity (Wildman–Crippen MR) is 94.4 cm³/mol. The standard InChI is InChI=1S/C18H22N6O/c1-3-5-16-21-14-6-9-23(10-13(14)17(25)22-16)11-15-12(2)20-18-19-7-4-8-24(15)18/h4,7-8H,3,5-6,9-11H2,1-2H3,(H,21,22,25). The van der Waals surface area contributed by atoms with Crippen LogP contribution in [0.15, 0.2) is 23.3 Å². The van der Waals surface area contributed by atoms with Crippen molar-refractivity contribution in [1.29, 1.82) is 0 Å². The highest BCUT2D eigenvalue weighted by Crippen LogP contribution is 2.19. The van der Waals surface area contributed by atoms with Crippen LogP contribution in [-0.2, 0) is 25.9 Å². The molecule has 0 fully saturated rings. The molecule has 7 heteroatoms. The van der Waals surface area contributed by atoms with E-state index in [1.54, 1.807) is 6.20 Å². The fourth-order valence-electron chi connectivity index (χ4n) is 3.47. The van der Waals surface area contributed by atoms with Gasteiger partial charge in [0.2, 0.25) is 5.78 Å². The molecule has 0 spiro atoms. The number of fused-ring (bicyclic) bond motifs is 2. The molecule has 130 valence electrons. The number of nitrogens with one attached hydrogen (secondary N) is 1. The van der Waals surface area contributed by atoms with Gasteiger partial charge in [-0.2, -0.15) is 0 Å². The van der Waals surface area contributed by atoms with Crippen LogP contribution < -0.4 is 5.56 Å². The van der Waals surface area contributed by atoms with Crippen LogP contribution in [-0.4, -0.2) is 35.8 Å². The summed E-state index contributed by atoms with van der Waals surface area (Å²) < 4.78 is 2.03. The highest BCUT2D eigenvalue weighted by molar-refractivity contribution is 5.35. The molecule has 4 rings (SSSR count). The Kier molecular flexibility index (Phi) is 4.09. The Bertz CT molecular complexity index is 973. The third kappa shape index (κ3) is 2.95. The summed E-state index contributed by atoms with van der Waals surface area (Å²) in [4.78, 5) is 31.1. The zero-order valence-corrected chi connectivity index (χ0v) is 14.6. The van der Waals surface area contributed by atoms with Crippen LogP contribution >= 0.6 is 0 Å². The van der Waals surface area contributed by atoms with Gasteiger partial charge in [0.1, 0.15) is 5.82 Å². The minimum Gasteiger partial charge on any atom is -0.310 e. The molecule has 0 atom stereocenters. The van der Waals surface area contributed by atoms with E-state index in [1.165, 1.54) is 0 Å². The van der Waals surface area contributed by atoms with Crippen molar-refractivity contribution < 1.29 is 0 Å². The van der Waals surface area contributed by atoms with Gasteiger partial charge >= 0.3 is 0 Å². The first-order chi connectivity index (χ1) is 12.2. The molecule has 0 amide bonds. The third-order valence-electron chi connectivity index (χ3n) is 4.76. The summed E-state index contributed by atoms with van der Waals surface area (Å²) >= 11 is 0. The Morgan fingerprint density at radius 3 is 3.04 bits per heavy atom. The van der Waals surface area contributed by atoms with Crippen molar-refractivity contribution in [3.05, 3.63) is 57.3 Å². The molecule has 7 nitrogen and oxygen atoms in total. The minimum absolute atomic E-state index is 0.00896. The lowest BCUT2D eigenvalue weighted by Crippen LogP contribution is -2.36. The Balaban J connectivity index is 1.60. The summed E-state index contributed by atoms with van der Waals surface area (Å²) in [6.07, 6.45) is 6.35. The molecule has 0 unspecified atom stereocenters. The molecule has 0 aromatic carbocycles. The summed E-state index contributed by atoms with van der Waals surface area (Å²) in [7, 11) is 0. The van der Waals surface area contributed by atoms with Gasteiger partial charge in [-0.3, -0.25) is 14.1 Å². The lowest BCUT2D eigenvalue weighted by molar-refractivity contribution is 0.237. The maximum absolute atomic E-state index is 12.4. The van der Waals surface area contributed by atoms with Gasteiger partial charge in [0.25, 0.3) is 5.56 Å². The fraction of sp³-hybridized carbons (Fsp3) is 0.444. The molecule has 1 N–H and O–H groups in total. The fourth-order valence-corrected chi connectivity index (χ4v) is 3.47. The van der Waals surface area contributed by atoms with E-state index in [1.807, 2.05) is 23.6 Å². The molecule has 25 heavy (non-hydrogen) atoms. The molecule has 0 saturated carbocycles. The Hall–Kier alpha value is -2.54. The highest BCUT2D eigenvalue weighted by atomic mass is 16.1. The zero-order valence-electron chi connectivity index (χ0n) is 14.6. The van der Waals surface area contributed by atoms with Gasteiger partial charge in [0.15, 0.2) is 0 Å². The van der Waals surface area contributed by atoms with Crippen molar-refractivity contribution in [1.82, 2.24) is 29.2 Å². The van der Waals surface area contributed by atoms with Crippen LogP contribution in [0.25, 0.3) is 5.78 Å². The molecule has 3 aromatic rings. The largest absolute Gasteiger partial charge is 0.310 e. The number of aryl methyl sites for hydroxylation is 2. The van der Waals surface area contributed by atoms with Gasteiger partial charge in [0, 0.05) is 44.9 Å². The minimum atomic E-state index is 0.00896. The van der Waals surface area contributed by atoms with Gasteiger partial charge in [-0.15, -0.1) is 0 Å². The van der Waals surface area contributed by atoms with Gasteiger partial charge in [0.05, 0.1) is 22.6 Å². The number of hydrogen-bond donors (Lipinski definition) is 1. The van der Waals surface area contributed by atoms with Gasteiger partial charge in [-0.05, 0) is 19.4 Å². The first-order valence-corrected chi connectivity index (χ1v) is 8.77. The van der Waals surface area contributed by atoms with Crippen LogP contribution in [0, 0.1) is 6.92 Å². The average Bonchev–Trinajstić information content (AvgIpc) is 2.91. The highest BCUT2D eigenvalue weighted by Gasteiger charge is 2.23. The van der Waals surface area contributed by atoms with Crippen molar-refractivity contribution in [3.63, 3.8) is 0 Å². The number of imidazole rings is 1. The predicted octanol–water partition coefficient (Wildman–Crippen LogP) is 1.63. The van der Waals surface area contributed by atoms with Crippen LogP contribution in [0.4, 0.5) is 0 Å². The normalized spacial score (nSPS) is 14.8. The zero-order chi connectivity index (χ0) is 17.4. The molecule has 0 aliphatic carbocycles. The van der Waals surface area contributed by atoms with Gasteiger partial charge < -0.3 is 4.98 Å². The van der Waals surface area contributed by atoms with E-state index in [0.29, 0.717) is 6.54 Å². The first kappa shape index (κ1) is 16.0. The van der Waals surface area contributed by atoms with E-state index in [0.717, 1.165) is 66.6 Å². The number of aromatic amines is 1. The van der Waals surface area contributed by atoms with Crippen molar-refractivity contribution in [2.45, 2.75) is 46.2 Å². The topological polar surface area (TPSA) is 79.2 Å². The maximum Gasteiger partial charge on any atom is 0.255 e. The second kappa shape index (κ2) is 6.40. The molecule has 4 heterocycles. The SMILES string of the molecule is CCCc1nc2c(c(=O)[nH]1)CN(Cc1c(C)nc3ncccn13)CC2. The number of nitrogens with zero attached hydrogens (tertiary/aromatic N) is 5. The summed E-state index contributed by atoms with van der Waals surface area (Å²) in [5.74, 6) is 1.53. The van der Waals surface area contributed by atoms with Crippen LogP contribution in [0.5, 0.6) is 0 Å². The molecule has 0 radical (unpaired) electrons. The smallest absolute Gasteiger partial charge is 0.255 e. The van der Waals surface area contributed by atoms with Crippen LogP contribution in [0.1, 0.15) is 41.8 Å². The van der Waals surface area contributed by atoms with Gasteiger partial charge in [-0.25, -0.2) is 15.0 Å². The molecule has 1 aliphatic rings. The second-order valence-corrected chi connectivity index (χ2v) is 6.58. The maximum atomic E-state index is 12.4. The molecule has 0 bridgehead atoms. The molecule has 1 aliphatic heterocycles. The third-order valence-corrected chi connectivity index (χ3v) is 4.76. The second-order valence-electron chi connectivity index (χ2n) is 6.58. The molecule has 0 saturated heterocycles. The monoisotopic (exact) mass is 338 g/mol. The summed E-state index contributed by atoms with van der Waals surface area (Å²) in [6.45, 7) is 6.36. The van der Waals surface area contributed by atoms with E-state index in [9.17, 15) is 4.79 Å².